The fraction of sp³-hybridized carbons (Fsp3) is 0.583. The maximum absolute atomic E-state index is 11.9. The first-order valence-electron chi connectivity index (χ1n) is 6.59. The molecule has 21 heavy (non-hydrogen) atoms. The number of aromatic nitrogens is 3. The lowest BCUT2D eigenvalue weighted by atomic mass is 10.1. The van der Waals surface area contributed by atoms with Crippen molar-refractivity contribution in [3.8, 4) is 6.01 Å². The molecule has 1 fully saturated rings. The van der Waals surface area contributed by atoms with Gasteiger partial charge in [-0.05, 0) is 31.9 Å². The molecule has 2 heterocycles. The molecule has 1 aliphatic heterocycles. The molecule has 0 bridgehead atoms. The first kappa shape index (κ1) is 15.4. The van der Waals surface area contributed by atoms with E-state index in [4.69, 9.17) is 16.3 Å². The van der Waals surface area contributed by atoms with Crippen molar-refractivity contribution in [2.24, 2.45) is 0 Å². The SMILES string of the molecule is CCC1C(=O)NC(=O)CN1c1nc(Cl)nc(OC(C)C)n1. The van der Waals surface area contributed by atoms with Gasteiger partial charge in [0, 0.05) is 0 Å². The van der Waals surface area contributed by atoms with E-state index in [9.17, 15) is 9.59 Å². The Kier molecular flexibility index (Phi) is 4.56. The Morgan fingerprint density at radius 1 is 1.38 bits per heavy atom. The number of anilines is 1. The minimum Gasteiger partial charge on any atom is -0.461 e. The first-order valence-corrected chi connectivity index (χ1v) is 6.97. The molecule has 114 valence electrons. The zero-order valence-electron chi connectivity index (χ0n) is 12.0. The lowest BCUT2D eigenvalue weighted by molar-refractivity contribution is -0.133. The quantitative estimate of drug-likeness (QED) is 0.811. The van der Waals surface area contributed by atoms with Gasteiger partial charge >= 0.3 is 6.01 Å². The van der Waals surface area contributed by atoms with Crippen molar-refractivity contribution in [3.63, 3.8) is 0 Å². The molecule has 1 aromatic rings. The molecule has 1 atom stereocenters. The molecule has 9 heteroatoms. The van der Waals surface area contributed by atoms with Crippen LogP contribution < -0.4 is 15.0 Å². The van der Waals surface area contributed by atoms with E-state index in [0.717, 1.165) is 0 Å². The van der Waals surface area contributed by atoms with Crippen molar-refractivity contribution in [2.45, 2.75) is 39.3 Å². The predicted molar refractivity (Wildman–Crippen MR) is 75.2 cm³/mol. The number of amides is 2. The zero-order valence-corrected chi connectivity index (χ0v) is 12.7. The molecule has 0 radical (unpaired) electrons. The van der Waals surface area contributed by atoms with Crippen molar-refractivity contribution in [2.75, 3.05) is 11.4 Å². The van der Waals surface area contributed by atoms with Crippen molar-refractivity contribution in [1.82, 2.24) is 20.3 Å². The number of halogens is 1. The van der Waals surface area contributed by atoms with E-state index in [1.807, 2.05) is 20.8 Å². The van der Waals surface area contributed by atoms with E-state index in [1.54, 1.807) is 0 Å². The van der Waals surface area contributed by atoms with Gasteiger partial charge in [0.2, 0.25) is 23.0 Å². The van der Waals surface area contributed by atoms with Crippen LogP contribution in [0.5, 0.6) is 6.01 Å². The number of hydrogen-bond donors (Lipinski definition) is 1. The van der Waals surface area contributed by atoms with Crippen LogP contribution in [0.15, 0.2) is 0 Å². The molecule has 1 aliphatic rings. The van der Waals surface area contributed by atoms with E-state index >= 15 is 0 Å². The van der Waals surface area contributed by atoms with E-state index in [1.165, 1.54) is 4.90 Å². The molecule has 2 rings (SSSR count). The summed E-state index contributed by atoms with van der Waals surface area (Å²) in [5.41, 5.74) is 0. The highest BCUT2D eigenvalue weighted by molar-refractivity contribution is 6.28. The van der Waals surface area contributed by atoms with Gasteiger partial charge in [-0.15, -0.1) is 0 Å². The summed E-state index contributed by atoms with van der Waals surface area (Å²) < 4.78 is 5.39. The molecule has 1 aromatic heterocycles. The Hall–Kier alpha value is -1.96. The largest absolute Gasteiger partial charge is 0.461 e. The minimum absolute atomic E-state index is 0.0221. The van der Waals surface area contributed by atoms with E-state index in [2.05, 4.69) is 20.3 Å². The highest BCUT2D eigenvalue weighted by Gasteiger charge is 2.34. The Morgan fingerprint density at radius 2 is 2.10 bits per heavy atom. The van der Waals surface area contributed by atoms with E-state index in [-0.39, 0.29) is 35.8 Å². The summed E-state index contributed by atoms with van der Waals surface area (Å²) in [4.78, 5) is 36.9. The van der Waals surface area contributed by atoms with Gasteiger partial charge in [-0.1, -0.05) is 6.92 Å². The fourth-order valence-corrected chi connectivity index (χ4v) is 2.14. The number of rotatable bonds is 4. The Labute approximate surface area is 126 Å². The highest BCUT2D eigenvalue weighted by Crippen LogP contribution is 2.20. The first-order chi connectivity index (χ1) is 9.90. The number of nitrogens with zero attached hydrogens (tertiary/aromatic N) is 4. The summed E-state index contributed by atoms with van der Waals surface area (Å²) in [5.74, 6) is -0.634. The third kappa shape index (κ3) is 3.57. The van der Waals surface area contributed by atoms with Crippen molar-refractivity contribution in [3.05, 3.63) is 5.28 Å². The normalized spacial score (nSPS) is 18.9. The fourth-order valence-electron chi connectivity index (χ4n) is 2.00. The Balaban J connectivity index is 2.36. The zero-order chi connectivity index (χ0) is 15.6. The molecule has 1 N–H and O–H groups in total. The molecule has 1 unspecified atom stereocenters. The number of piperazine rings is 1. The molecule has 2 amide bonds. The van der Waals surface area contributed by atoms with Crippen LogP contribution in [-0.2, 0) is 9.59 Å². The van der Waals surface area contributed by atoms with E-state index < -0.39 is 11.9 Å². The number of ether oxygens (including phenoxy) is 1. The maximum atomic E-state index is 11.9. The van der Waals surface area contributed by atoms with Crippen LogP contribution in [0.3, 0.4) is 0 Å². The van der Waals surface area contributed by atoms with Gasteiger partial charge in [0.15, 0.2) is 0 Å². The average Bonchev–Trinajstić information content (AvgIpc) is 2.36. The molecule has 0 aromatic carbocycles. The van der Waals surface area contributed by atoms with Gasteiger partial charge in [0.25, 0.3) is 0 Å². The van der Waals surface area contributed by atoms with Gasteiger partial charge in [-0.2, -0.15) is 15.0 Å². The topological polar surface area (TPSA) is 97.3 Å². The average molecular weight is 314 g/mol. The Morgan fingerprint density at radius 3 is 2.71 bits per heavy atom. The standard InChI is InChI=1S/C12H16ClN5O3/c1-4-7-9(20)14-8(19)5-18(7)11-15-10(13)16-12(17-11)21-6(2)3/h6-7H,4-5H2,1-3H3,(H,14,19,20). The lowest BCUT2D eigenvalue weighted by Gasteiger charge is -2.33. The second-order valence-corrected chi connectivity index (χ2v) is 5.16. The molecule has 1 saturated heterocycles. The number of carbonyl (C=O) groups is 2. The molecule has 8 nitrogen and oxygen atoms in total. The number of hydrogen-bond acceptors (Lipinski definition) is 7. The van der Waals surface area contributed by atoms with Gasteiger partial charge in [-0.25, -0.2) is 0 Å². The monoisotopic (exact) mass is 313 g/mol. The molecular formula is C12H16ClN5O3. The molecule has 0 aliphatic carbocycles. The highest BCUT2D eigenvalue weighted by atomic mass is 35.5. The molecule has 0 spiro atoms. The van der Waals surface area contributed by atoms with Crippen LogP contribution >= 0.6 is 11.6 Å². The molecular weight excluding hydrogens is 298 g/mol. The summed E-state index contributed by atoms with van der Waals surface area (Å²) in [6, 6.07) is -0.471. The van der Waals surface area contributed by atoms with Crippen molar-refractivity contribution < 1.29 is 14.3 Å². The smallest absolute Gasteiger partial charge is 0.322 e. The minimum atomic E-state index is -0.534. The van der Waals surface area contributed by atoms with E-state index in [0.29, 0.717) is 6.42 Å². The van der Waals surface area contributed by atoms with Crippen molar-refractivity contribution in [1.29, 1.82) is 0 Å². The second kappa shape index (κ2) is 6.21. The number of imide groups is 1. The predicted octanol–water partition coefficient (Wildman–Crippen LogP) is 0.554. The van der Waals surface area contributed by atoms with Crippen molar-refractivity contribution >= 4 is 29.4 Å². The lowest BCUT2D eigenvalue weighted by Crippen LogP contribution is -2.58. The van der Waals surface area contributed by atoms with Crippen LogP contribution in [0.1, 0.15) is 27.2 Å². The summed E-state index contributed by atoms with van der Waals surface area (Å²) in [7, 11) is 0. The maximum Gasteiger partial charge on any atom is 0.322 e. The second-order valence-electron chi connectivity index (χ2n) is 4.82. The number of carbonyl (C=O) groups excluding carboxylic acids is 2. The summed E-state index contributed by atoms with van der Waals surface area (Å²) >= 11 is 5.86. The summed E-state index contributed by atoms with van der Waals surface area (Å²) in [5, 5.41) is 2.23. The van der Waals surface area contributed by atoms with Crippen LogP contribution in [0.25, 0.3) is 0 Å². The van der Waals surface area contributed by atoms with Crippen LogP contribution in [0.2, 0.25) is 5.28 Å². The van der Waals surface area contributed by atoms with Crippen LogP contribution in [0, 0.1) is 0 Å². The number of nitrogens with one attached hydrogen (secondary N) is 1. The van der Waals surface area contributed by atoms with Gasteiger partial charge in [0.1, 0.15) is 12.6 Å². The van der Waals surface area contributed by atoms with Gasteiger partial charge < -0.3 is 9.64 Å². The summed E-state index contributed by atoms with van der Waals surface area (Å²) in [6.07, 6.45) is 0.368. The third-order valence-electron chi connectivity index (χ3n) is 2.82. The molecule has 0 saturated carbocycles. The summed E-state index contributed by atoms with van der Waals surface area (Å²) in [6.45, 7) is 5.46. The van der Waals surface area contributed by atoms with Gasteiger partial charge in [-0.3, -0.25) is 14.9 Å². The van der Waals surface area contributed by atoms with Crippen LogP contribution in [0.4, 0.5) is 5.95 Å². The van der Waals surface area contributed by atoms with Gasteiger partial charge in [0.05, 0.1) is 6.10 Å². The third-order valence-corrected chi connectivity index (χ3v) is 2.98. The van der Waals surface area contributed by atoms with Crippen LogP contribution in [-0.4, -0.2) is 45.5 Å². The Bertz CT molecular complexity index is 566.